The van der Waals surface area contributed by atoms with Crippen LogP contribution in [0.15, 0.2) is 36.5 Å². The summed E-state index contributed by atoms with van der Waals surface area (Å²) in [5.74, 6) is 1.43. The number of anilines is 4. The third kappa shape index (κ3) is 4.43. The summed E-state index contributed by atoms with van der Waals surface area (Å²) in [7, 11) is 0. The SMILES string of the molecule is c1cc(Nc2ccc(N3CCCCC3)cc2)nc(NCC2CCCO2)n1. The number of nitrogens with zero attached hydrogens (tertiary/aromatic N) is 3. The first-order valence-electron chi connectivity index (χ1n) is 9.67. The van der Waals surface area contributed by atoms with Crippen LogP contribution >= 0.6 is 0 Å². The van der Waals surface area contributed by atoms with Crippen LogP contribution in [0.25, 0.3) is 0 Å². The first kappa shape index (κ1) is 17.1. The van der Waals surface area contributed by atoms with Gasteiger partial charge in [0.1, 0.15) is 5.82 Å². The molecule has 1 aromatic carbocycles. The van der Waals surface area contributed by atoms with Gasteiger partial charge in [0, 0.05) is 43.8 Å². The van der Waals surface area contributed by atoms with Crippen LogP contribution in [0.4, 0.5) is 23.1 Å². The van der Waals surface area contributed by atoms with Crippen LogP contribution in [0.2, 0.25) is 0 Å². The van der Waals surface area contributed by atoms with Crippen LogP contribution in [-0.4, -0.2) is 42.3 Å². The van der Waals surface area contributed by atoms with Crippen molar-refractivity contribution in [3.05, 3.63) is 36.5 Å². The Hall–Kier alpha value is -2.34. The lowest BCUT2D eigenvalue weighted by Crippen LogP contribution is -2.29. The van der Waals surface area contributed by atoms with E-state index >= 15 is 0 Å². The van der Waals surface area contributed by atoms with E-state index in [1.54, 1.807) is 6.20 Å². The molecule has 2 saturated heterocycles. The van der Waals surface area contributed by atoms with Crippen molar-refractivity contribution in [2.24, 2.45) is 0 Å². The smallest absolute Gasteiger partial charge is 0.224 e. The zero-order chi connectivity index (χ0) is 17.6. The van der Waals surface area contributed by atoms with E-state index in [0.29, 0.717) is 5.95 Å². The molecule has 1 aromatic heterocycles. The van der Waals surface area contributed by atoms with Gasteiger partial charge in [-0.3, -0.25) is 0 Å². The molecule has 0 aliphatic carbocycles. The highest BCUT2D eigenvalue weighted by atomic mass is 16.5. The minimum absolute atomic E-state index is 0.276. The van der Waals surface area contributed by atoms with Gasteiger partial charge in [0.15, 0.2) is 0 Å². The standard InChI is InChI=1S/C20H27N5O/c1-2-12-25(13-3-1)17-8-6-16(7-9-17)23-19-10-11-21-20(24-19)22-15-18-5-4-14-26-18/h6-11,18H,1-5,12-15H2,(H2,21,22,23,24). The molecule has 2 aromatic rings. The Morgan fingerprint density at radius 1 is 1.04 bits per heavy atom. The molecule has 2 N–H and O–H groups in total. The molecule has 2 aliphatic rings. The van der Waals surface area contributed by atoms with Gasteiger partial charge in [-0.05, 0) is 62.4 Å². The highest BCUT2D eigenvalue weighted by Gasteiger charge is 2.15. The molecule has 26 heavy (non-hydrogen) atoms. The normalized spacial score (nSPS) is 20.2. The molecular weight excluding hydrogens is 326 g/mol. The van der Waals surface area contributed by atoms with E-state index in [4.69, 9.17) is 4.74 Å². The second-order valence-electron chi connectivity index (χ2n) is 7.00. The summed E-state index contributed by atoms with van der Waals surface area (Å²) in [6.45, 7) is 3.95. The quantitative estimate of drug-likeness (QED) is 0.824. The van der Waals surface area contributed by atoms with E-state index in [1.165, 1.54) is 38.0 Å². The van der Waals surface area contributed by atoms with Gasteiger partial charge in [0.2, 0.25) is 5.95 Å². The average Bonchev–Trinajstić information content (AvgIpc) is 3.22. The highest BCUT2D eigenvalue weighted by Crippen LogP contribution is 2.23. The van der Waals surface area contributed by atoms with Crippen LogP contribution < -0.4 is 15.5 Å². The summed E-state index contributed by atoms with van der Waals surface area (Å²) in [5, 5.41) is 6.63. The molecule has 0 radical (unpaired) electrons. The summed E-state index contributed by atoms with van der Waals surface area (Å²) < 4.78 is 5.62. The largest absolute Gasteiger partial charge is 0.376 e. The second-order valence-corrected chi connectivity index (χ2v) is 7.00. The summed E-state index contributed by atoms with van der Waals surface area (Å²) >= 11 is 0. The molecule has 2 fully saturated rings. The summed E-state index contributed by atoms with van der Waals surface area (Å²) in [5.41, 5.74) is 2.34. The average molecular weight is 353 g/mol. The van der Waals surface area contributed by atoms with Crippen LogP contribution in [0.1, 0.15) is 32.1 Å². The van der Waals surface area contributed by atoms with Gasteiger partial charge in [0.25, 0.3) is 0 Å². The van der Waals surface area contributed by atoms with Gasteiger partial charge in [-0.1, -0.05) is 0 Å². The molecule has 6 heteroatoms. The lowest BCUT2D eigenvalue weighted by Gasteiger charge is -2.28. The van der Waals surface area contributed by atoms with Crippen molar-refractivity contribution in [2.75, 3.05) is 41.8 Å². The van der Waals surface area contributed by atoms with Crippen LogP contribution in [0.3, 0.4) is 0 Å². The van der Waals surface area contributed by atoms with Gasteiger partial charge in [-0.25, -0.2) is 4.98 Å². The maximum Gasteiger partial charge on any atom is 0.224 e. The van der Waals surface area contributed by atoms with Gasteiger partial charge >= 0.3 is 0 Å². The minimum Gasteiger partial charge on any atom is -0.376 e. The van der Waals surface area contributed by atoms with Gasteiger partial charge < -0.3 is 20.3 Å². The molecule has 0 saturated carbocycles. The molecular formula is C20H27N5O. The Labute approximate surface area is 155 Å². The second kappa shape index (κ2) is 8.36. The van der Waals surface area contributed by atoms with Crippen molar-refractivity contribution >= 4 is 23.1 Å². The lowest BCUT2D eigenvalue weighted by atomic mass is 10.1. The molecule has 138 valence electrons. The summed E-state index contributed by atoms with van der Waals surface area (Å²) in [4.78, 5) is 11.3. The maximum absolute atomic E-state index is 5.62. The zero-order valence-electron chi connectivity index (χ0n) is 15.2. The van der Waals surface area contributed by atoms with Crippen molar-refractivity contribution < 1.29 is 4.74 Å². The van der Waals surface area contributed by atoms with Crippen molar-refractivity contribution in [1.82, 2.24) is 9.97 Å². The molecule has 1 unspecified atom stereocenters. The van der Waals surface area contributed by atoms with E-state index in [0.717, 1.165) is 37.5 Å². The number of ether oxygens (including phenoxy) is 1. The van der Waals surface area contributed by atoms with Crippen LogP contribution in [-0.2, 0) is 4.74 Å². The van der Waals surface area contributed by atoms with Crippen molar-refractivity contribution in [2.45, 2.75) is 38.2 Å². The molecule has 0 bridgehead atoms. The Bertz CT molecular complexity index is 694. The topological polar surface area (TPSA) is 62.3 Å². The zero-order valence-corrected chi connectivity index (χ0v) is 15.2. The predicted molar refractivity (Wildman–Crippen MR) is 105 cm³/mol. The number of piperidine rings is 1. The Kier molecular flexibility index (Phi) is 5.50. The van der Waals surface area contributed by atoms with Gasteiger partial charge in [-0.2, -0.15) is 4.98 Å². The molecule has 1 atom stereocenters. The van der Waals surface area contributed by atoms with E-state index < -0.39 is 0 Å². The van der Waals surface area contributed by atoms with Crippen LogP contribution in [0, 0.1) is 0 Å². The third-order valence-corrected chi connectivity index (χ3v) is 5.03. The van der Waals surface area contributed by atoms with Crippen molar-refractivity contribution in [3.63, 3.8) is 0 Å². The van der Waals surface area contributed by atoms with Gasteiger partial charge in [-0.15, -0.1) is 0 Å². The first-order valence-corrected chi connectivity index (χ1v) is 9.67. The molecule has 3 heterocycles. The van der Waals surface area contributed by atoms with E-state index in [-0.39, 0.29) is 6.10 Å². The van der Waals surface area contributed by atoms with Gasteiger partial charge in [0.05, 0.1) is 6.10 Å². The minimum atomic E-state index is 0.276. The fourth-order valence-electron chi connectivity index (χ4n) is 3.58. The number of benzene rings is 1. The number of rotatable bonds is 6. The fourth-order valence-corrected chi connectivity index (χ4v) is 3.58. The monoisotopic (exact) mass is 353 g/mol. The number of nitrogens with one attached hydrogen (secondary N) is 2. The molecule has 2 aliphatic heterocycles. The first-order chi connectivity index (χ1) is 12.9. The highest BCUT2D eigenvalue weighted by molar-refractivity contribution is 5.61. The number of aromatic nitrogens is 2. The molecule has 0 spiro atoms. The molecule has 6 nitrogen and oxygen atoms in total. The van der Waals surface area contributed by atoms with E-state index in [2.05, 4.69) is 49.8 Å². The fraction of sp³-hybridized carbons (Fsp3) is 0.500. The maximum atomic E-state index is 5.62. The van der Waals surface area contributed by atoms with E-state index in [1.807, 2.05) is 6.07 Å². The summed E-state index contributed by atoms with van der Waals surface area (Å²) in [6, 6.07) is 10.5. The van der Waals surface area contributed by atoms with Crippen LogP contribution in [0.5, 0.6) is 0 Å². The summed E-state index contributed by atoms with van der Waals surface area (Å²) in [6.07, 6.45) is 8.24. The predicted octanol–water partition coefficient (Wildman–Crippen LogP) is 3.80. The number of hydrogen-bond donors (Lipinski definition) is 2. The lowest BCUT2D eigenvalue weighted by molar-refractivity contribution is 0.120. The van der Waals surface area contributed by atoms with Crippen molar-refractivity contribution in [3.8, 4) is 0 Å². The Morgan fingerprint density at radius 2 is 1.88 bits per heavy atom. The molecule has 4 rings (SSSR count). The van der Waals surface area contributed by atoms with E-state index in [9.17, 15) is 0 Å². The Balaban J connectivity index is 1.35. The Morgan fingerprint density at radius 3 is 2.65 bits per heavy atom. The molecule has 0 amide bonds. The van der Waals surface area contributed by atoms with Crippen molar-refractivity contribution in [1.29, 1.82) is 0 Å². The number of hydrogen-bond acceptors (Lipinski definition) is 6. The third-order valence-electron chi connectivity index (χ3n) is 5.03.